The van der Waals surface area contributed by atoms with Crippen LogP contribution in [0.2, 0.25) is 0 Å². The standard InChI is InChI=1S/C12H13F2NO4S/c13-8-4-5-11(9(14)7-8)20(18,19)15-6-2-1-3-10(15)12(16)17/h4-5,7,10H,1-3,6H2,(H,16,17). The van der Waals surface area contributed by atoms with Crippen molar-refractivity contribution >= 4 is 16.0 Å². The van der Waals surface area contributed by atoms with Gasteiger partial charge in [-0.05, 0) is 31.4 Å². The zero-order valence-electron chi connectivity index (χ0n) is 10.4. The number of piperidine rings is 1. The van der Waals surface area contributed by atoms with Gasteiger partial charge in [0.15, 0.2) is 0 Å². The van der Waals surface area contributed by atoms with Crippen LogP contribution in [0.1, 0.15) is 19.3 Å². The van der Waals surface area contributed by atoms with Crippen LogP contribution in [0.3, 0.4) is 0 Å². The van der Waals surface area contributed by atoms with E-state index < -0.39 is 38.6 Å². The average molecular weight is 305 g/mol. The maximum absolute atomic E-state index is 13.6. The number of hydrogen-bond acceptors (Lipinski definition) is 3. The zero-order chi connectivity index (χ0) is 14.9. The number of carbonyl (C=O) groups is 1. The lowest BCUT2D eigenvalue weighted by atomic mass is 10.1. The first-order chi connectivity index (χ1) is 9.34. The van der Waals surface area contributed by atoms with E-state index in [1.54, 1.807) is 0 Å². The second kappa shape index (κ2) is 5.45. The van der Waals surface area contributed by atoms with Crippen LogP contribution in [0.15, 0.2) is 23.1 Å². The minimum Gasteiger partial charge on any atom is -0.480 e. The van der Waals surface area contributed by atoms with Crippen LogP contribution in [-0.2, 0) is 14.8 Å². The van der Waals surface area contributed by atoms with Gasteiger partial charge in [0.25, 0.3) is 0 Å². The molecule has 2 rings (SSSR count). The Balaban J connectivity index is 2.45. The summed E-state index contributed by atoms with van der Waals surface area (Å²) in [6.45, 7) is 0.0100. The van der Waals surface area contributed by atoms with E-state index in [9.17, 15) is 22.0 Å². The van der Waals surface area contributed by atoms with E-state index in [4.69, 9.17) is 5.11 Å². The lowest BCUT2D eigenvalue weighted by Crippen LogP contribution is -2.48. The number of halogens is 2. The fourth-order valence-electron chi connectivity index (χ4n) is 2.25. The van der Waals surface area contributed by atoms with Crippen LogP contribution in [0.5, 0.6) is 0 Å². The number of aliphatic carboxylic acids is 1. The van der Waals surface area contributed by atoms with Gasteiger partial charge in [-0.2, -0.15) is 4.31 Å². The van der Waals surface area contributed by atoms with Gasteiger partial charge in [-0.25, -0.2) is 17.2 Å². The fourth-order valence-corrected chi connectivity index (χ4v) is 3.95. The Kier molecular flexibility index (Phi) is 4.05. The van der Waals surface area contributed by atoms with E-state index in [0.29, 0.717) is 18.9 Å². The third-order valence-corrected chi connectivity index (χ3v) is 5.16. The molecule has 0 saturated carbocycles. The molecule has 1 aliphatic rings. The number of carboxylic acids is 1. The van der Waals surface area contributed by atoms with Gasteiger partial charge in [0.1, 0.15) is 22.6 Å². The van der Waals surface area contributed by atoms with Gasteiger partial charge >= 0.3 is 5.97 Å². The smallest absolute Gasteiger partial charge is 0.322 e. The minimum atomic E-state index is -4.29. The summed E-state index contributed by atoms with van der Waals surface area (Å²) in [6, 6.07) is 0.897. The Morgan fingerprint density at radius 2 is 2.00 bits per heavy atom. The van der Waals surface area contributed by atoms with E-state index in [2.05, 4.69) is 0 Å². The molecule has 1 atom stereocenters. The molecule has 1 aromatic rings. The van der Waals surface area contributed by atoms with Crippen molar-refractivity contribution in [1.82, 2.24) is 4.31 Å². The summed E-state index contributed by atoms with van der Waals surface area (Å²) in [4.78, 5) is 10.4. The molecule has 1 fully saturated rings. The van der Waals surface area contributed by atoms with Gasteiger partial charge in [-0.1, -0.05) is 0 Å². The third kappa shape index (κ3) is 2.66. The summed E-state index contributed by atoms with van der Waals surface area (Å²) in [5, 5.41) is 9.07. The third-order valence-electron chi connectivity index (χ3n) is 3.22. The van der Waals surface area contributed by atoms with Crippen LogP contribution >= 0.6 is 0 Å². The number of hydrogen-bond donors (Lipinski definition) is 1. The largest absolute Gasteiger partial charge is 0.480 e. The van der Waals surface area contributed by atoms with Gasteiger partial charge in [0, 0.05) is 12.6 Å². The van der Waals surface area contributed by atoms with Crippen LogP contribution in [0, 0.1) is 11.6 Å². The van der Waals surface area contributed by atoms with Gasteiger partial charge in [-0.15, -0.1) is 0 Å². The van der Waals surface area contributed by atoms with Gasteiger partial charge in [-0.3, -0.25) is 4.79 Å². The van der Waals surface area contributed by atoms with E-state index >= 15 is 0 Å². The highest BCUT2D eigenvalue weighted by Gasteiger charge is 2.38. The SMILES string of the molecule is O=C(O)C1CCCCN1S(=O)(=O)c1ccc(F)cc1F. The first-order valence-electron chi connectivity index (χ1n) is 6.04. The molecule has 1 heterocycles. The number of benzene rings is 1. The number of sulfonamides is 1. The highest BCUT2D eigenvalue weighted by Crippen LogP contribution is 2.27. The maximum Gasteiger partial charge on any atom is 0.322 e. The molecule has 0 bridgehead atoms. The average Bonchev–Trinajstić information content (AvgIpc) is 2.38. The summed E-state index contributed by atoms with van der Waals surface area (Å²) in [5.74, 6) is -3.38. The van der Waals surface area contributed by atoms with Crippen molar-refractivity contribution in [3.8, 4) is 0 Å². The molecule has 0 amide bonds. The zero-order valence-corrected chi connectivity index (χ0v) is 11.2. The predicted octanol–water partition coefficient (Wildman–Crippen LogP) is 1.59. The quantitative estimate of drug-likeness (QED) is 0.920. The Hall–Kier alpha value is -1.54. The summed E-state index contributed by atoms with van der Waals surface area (Å²) >= 11 is 0. The summed E-state index contributed by atoms with van der Waals surface area (Å²) < 4.78 is 51.9. The molecule has 1 aliphatic heterocycles. The molecule has 1 N–H and O–H groups in total. The first-order valence-corrected chi connectivity index (χ1v) is 7.48. The van der Waals surface area contributed by atoms with Crippen molar-refractivity contribution in [1.29, 1.82) is 0 Å². The molecule has 1 aromatic carbocycles. The van der Waals surface area contributed by atoms with Crippen molar-refractivity contribution in [2.45, 2.75) is 30.2 Å². The van der Waals surface area contributed by atoms with Gasteiger partial charge in [0.2, 0.25) is 10.0 Å². The van der Waals surface area contributed by atoms with Crippen molar-refractivity contribution in [3.63, 3.8) is 0 Å². The Labute approximate surface area is 114 Å². The second-order valence-electron chi connectivity index (χ2n) is 4.54. The number of nitrogens with zero attached hydrogens (tertiary/aromatic N) is 1. The number of rotatable bonds is 3. The summed E-state index contributed by atoms with van der Waals surface area (Å²) in [7, 11) is -4.29. The van der Waals surface area contributed by atoms with Crippen molar-refractivity contribution in [2.75, 3.05) is 6.54 Å². The molecule has 1 unspecified atom stereocenters. The molecule has 0 aromatic heterocycles. The Morgan fingerprint density at radius 3 is 2.60 bits per heavy atom. The second-order valence-corrected chi connectivity index (χ2v) is 6.40. The Morgan fingerprint density at radius 1 is 1.30 bits per heavy atom. The summed E-state index contributed by atoms with van der Waals surface area (Å²) in [5.41, 5.74) is 0. The molecular weight excluding hydrogens is 292 g/mol. The normalized spacial score (nSPS) is 20.8. The van der Waals surface area contributed by atoms with Crippen LogP contribution in [0.4, 0.5) is 8.78 Å². The van der Waals surface area contributed by atoms with Gasteiger partial charge in [0.05, 0.1) is 0 Å². The van der Waals surface area contributed by atoms with Crippen molar-refractivity contribution in [3.05, 3.63) is 29.8 Å². The minimum absolute atomic E-state index is 0.0100. The number of carboxylic acid groups (broad SMARTS) is 1. The topological polar surface area (TPSA) is 74.7 Å². The molecule has 20 heavy (non-hydrogen) atoms. The van der Waals surface area contributed by atoms with Crippen LogP contribution < -0.4 is 0 Å². The van der Waals surface area contributed by atoms with E-state index in [1.807, 2.05) is 0 Å². The Bertz CT molecular complexity index is 632. The lowest BCUT2D eigenvalue weighted by Gasteiger charge is -2.31. The maximum atomic E-state index is 13.6. The van der Waals surface area contributed by atoms with Crippen LogP contribution in [0.25, 0.3) is 0 Å². The highest BCUT2D eigenvalue weighted by molar-refractivity contribution is 7.89. The molecule has 0 spiro atoms. The van der Waals surface area contributed by atoms with Gasteiger partial charge < -0.3 is 5.11 Å². The van der Waals surface area contributed by atoms with Crippen LogP contribution in [-0.4, -0.2) is 36.4 Å². The monoisotopic (exact) mass is 305 g/mol. The van der Waals surface area contributed by atoms with E-state index in [1.165, 1.54) is 0 Å². The van der Waals surface area contributed by atoms with Crippen molar-refractivity contribution < 1.29 is 27.1 Å². The molecule has 0 radical (unpaired) electrons. The fraction of sp³-hybridized carbons (Fsp3) is 0.417. The van der Waals surface area contributed by atoms with E-state index in [-0.39, 0.29) is 13.0 Å². The highest BCUT2D eigenvalue weighted by atomic mass is 32.2. The molecule has 8 heteroatoms. The molecule has 0 aliphatic carbocycles. The lowest BCUT2D eigenvalue weighted by molar-refractivity contribution is -0.142. The molecule has 5 nitrogen and oxygen atoms in total. The molecule has 110 valence electrons. The van der Waals surface area contributed by atoms with E-state index in [0.717, 1.165) is 16.4 Å². The van der Waals surface area contributed by atoms with Crippen molar-refractivity contribution in [2.24, 2.45) is 0 Å². The first kappa shape index (κ1) is 14.9. The molecule has 1 saturated heterocycles. The predicted molar refractivity (Wildman–Crippen MR) is 65.5 cm³/mol. The molecular formula is C12H13F2NO4S. The summed E-state index contributed by atoms with van der Waals surface area (Å²) in [6.07, 6.45) is 1.28.